The Labute approximate surface area is 57.3 Å². The first kappa shape index (κ1) is 8.50. The normalized spacial score (nSPS) is 9.89. The van der Waals surface area contributed by atoms with Crippen LogP contribution in [0.5, 0.6) is 0 Å². The fourth-order valence-electron chi connectivity index (χ4n) is 0.535. The number of hydrazine groups is 1. The van der Waals surface area contributed by atoms with Crippen LogP contribution in [0.3, 0.4) is 0 Å². The van der Waals surface area contributed by atoms with Gasteiger partial charge in [0, 0.05) is 12.2 Å². The zero-order valence-electron chi connectivity index (χ0n) is 6.52. The molecule has 54 valence electrons. The second-order valence-corrected chi connectivity index (χ2v) is 2.43. The van der Waals surface area contributed by atoms with E-state index < -0.39 is 0 Å². The first-order valence-electron chi connectivity index (χ1n) is 3.30. The van der Waals surface area contributed by atoms with Crippen LogP contribution >= 0.6 is 0 Å². The molecule has 0 aromatic rings. The minimum atomic E-state index is 0.454. The molecule has 0 radical (unpaired) electrons. The summed E-state index contributed by atoms with van der Waals surface area (Å²) in [6, 6.07) is 0. The maximum absolute atomic E-state index is 5.55. The molecule has 0 aromatic heterocycles. The first-order chi connectivity index (χ1) is 4.09. The van der Waals surface area contributed by atoms with Crippen LogP contribution in [0.2, 0.25) is 0 Å². The largest absolute Gasteiger partial charge is 0.316 e. The molecule has 2 heteroatoms. The highest BCUT2D eigenvalue weighted by atomic mass is 15.4. The van der Waals surface area contributed by atoms with Crippen LogP contribution in [0.15, 0.2) is 12.3 Å². The van der Waals surface area contributed by atoms with Gasteiger partial charge in [-0.05, 0) is 12.8 Å². The lowest BCUT2D eigenvalue weighted by Crippen LogP contribution is -2.31. The Morgan fingerprint density at radius 2 is 2.11 bits per heavy atom. The number of allylic oxidation sites excluding steroid dienone is 1. The summed E-state index contributed by atoms with van der Waals surface area (Å²) in [5, 5.41) is 1.67. The van der Waals surface area contributed by atoms with Gasteiger partial charge >= 0.3 is 0 Å². The van der Waals surface area contributed by atoms with Crippen molar-refractivity contribution in [2.24, 2.45) is 11.8 Å². The highest BCUT2D eigenvalue weighted by Crippen LogP contribution is 2.07. The van der Waals surface area contributed by atoms with Crippen molar-refractivity contribution in [2.45, 2.75) is 20.8 Å². The summed E-state index contributed by atoms with van der Waals surface area (Å²) < 4.78 is 0. The summed E-state index contributed by atoms with van der Waals surface area (Å²) in [6.45, 7) is 10.8. The third-order valence-corrected chi connectivity index (χ3v) is 1.38. The van der Waals surface area contributed by atoms with E-state index in [-0.39, 0.29) is 0 Å². The summed E-state index contributed by atoms with van der Waals surface area (Å²) in [4.78, 5) is 0. The van der Waals surface area contributed by atoms with E-state index in [1.807, 2.05) is 6.92 Å². The number of rotatable bonds is 3. The van der Waals surface area contributed by atoms with Crippen LogP contribution in [0, 0.1) is 5.92 Å². The Hall–Kier alpha value is -0.500. The number of nitrogens with two attached hydrogens (primary N) is 1. The van der Waals surface area contributed by atoms with Crippen LogP contribution in [0.25, 0.3) is 0 Å². The van der Waals surface area contributed by atoms with E-state index in [1.165, 1.54) is 0 Å². The van der Waals surface area contributed by atoms with E-state index in [0.717, 1.165) is 12.2 Å². The van der Waals surface area contributed by atoms with Crippen LogP contribution < -0.4 is 5.84 Å². The van der Waals surface area contributed by atoms with Crippen molar-refractivity contribution in [2.75, 3.05) is 6.54 Å². The lowest BCUT2D eigenvalue weighted by Gasteiger charge is -2.21. The smallest absolute Gasteiger partial charge is 0.0309 e. The maximum atomic E-state index is 5.55. The third-order valence-electron chi connectivity index (χ3n) is 1.38. The molecular formula is C7H16N2. The minimum Gasteiger partial charge on any atom is -0.316 e. The van der Waals surface area contributed by atoms with Crippen molar-refractivity contribution < 1.29 is 0 Å². The van der Waals surface area contributed by atoms with Crippen molar-refractivity contribution in [1.82, 2.24) is 5.01 Å². The van der Waals surface area contributed by atoms with Gasteiger partial charge in [0.2, 0.25) is 0 Å². The summed E-state index contributed by atoms with van der Waals surface area (Å²) in [6.07, 6.45) is 0. The second-order valence-electron chi connectivity index (χ2n) is 2.43. The Balaban J connectivity index is 3.73. The topological polar surface area (TPSA) is 29.3 Å². The average Bonchev–Trinajstić information content (AvgIpc) is 1.84. The van der Waals surface area contributed by atoms with Crippen LogP contribution in [0.4, 0.5) is 0 Å². The molecule has 9 heavy (non-hydrogen) atoms. The molecule has 0 fully saturated rings. The van der Waals surface area contributed by atoms with Gasteiger partial charge in [-0.2, -0.15) is 0 Å². The molecule has 0 saturated heterocycles. The molecule has 0 unspecified atom stereocenters. The maximum Gasteiger partial charge on any atom is 0.0309 e. The molecule has 0 atom stereocenters. The quantitative estimate of drug-likeness (QED) is 0.459. The van der Waals surface area contributed by atoms with Crippen LogP contribution in [-0.4, -0.2) is 11.6 Å². The van der Waals surface area contributed by atoms with Gasteiger partial charge in [0.25, 0.3) is 0 Å². The fourth-order valence-corrected chi connectivity index (χ4v) is 0.535. The molecule has 0 spiro atoms. The van der Waals surface area contributed by atoms with Gasteiger partial charge < -0.3 is 5.01 Å². The SMILES string of the molecule is C=C(C(C)C)N(N)CC. The van der Waals surface area contributed by atoms with Crippen molar-refractivity contribution in [1.29, 1.82) is 0 Å². The number of nitrogens with zero attached hydrogens (tertiary/aromatic N) is 1. The molecule has 0 aliphatic heterocycles. The van der Waals surface area contributed by atoms with Gasteiger partial charge in [0.05, 0.1) is 0 Å². The third kappa shape index (κ3) is 2.51. The molecule has 0 amide bonds. The Morgan fingerprint density at radius 1 is 1.67 bits per heavy atom. The zero-order valence-corrected chi connectivity index (χ0v) is 6.52. The molecule has 0 rings (SSSR count). The fraction of sp³-hybridized carbons (Fsp3) is 0.714. The van der Waals surface area contributed by atoms with Gasteiger partial charge in [-0.25, -0.2) is 5.84 Å². The van der Waals surface area contributed by atoms with E-state index >= 15 is 0 Å². The molecule has 0 aromatic carbocycles. The van der Waals surface area contributed by atoms with Crippen molar-refractivity contribution in [3.05, 3.63) is 12.3 Å². The average molecular weight is 128 g/mol. The van der Waals surface area contributed by atoms with E-state index in [4.69, 9.17) is 5.84 Å². The van der Waals surface area contributed by atoms with Gasteiger partial charge in [0.1, 0.15) is 0 Å². The molecule has 0 aliphatic carbocycles. The Kier molecular flexibility index (Phi) is 3.32. The summed E-state index contributed by atoms with van der Waals surface area (Å²) in [5.74, 6) is 6.00. The van der Waals surface area contributed by atoms with Crippen molar-refractivity contribution in [3.8, 4) is 0 Å². The molecule has 2 N–H and O–H groups in total. The minimum absolute atomic E-state index is 0.454. The highest BCUT2D eigenvalue weighted by Gasteiger charge is 2.02. The van der Waals surface area contributed by atoms with Gasteiger partial charge in [-0.3, -0.25) is 0 Å². The lowest BCUT2D eigenvalue weighted by atomic mass is 10.1. The van der Waals surface area contributed by atoms with Crippen LogP contribution in [0.1, 0.15) is 20.8 Å². The Morgan fingerprint density at radius 3 is 2.22 bits per heavy atom. The molecule has 0 bridgehead atoms. The molecule has 0 heterocycles. The highest BCUT2D eigenvalue weighted by molar-refractivity contribution is 4.93. The van der Waals surface area contributed by atoms with E-state index in [2.05, 4.69) is 20.4 Å². The summed E-state index contributed by atoms with van der Waals surface area (Å²) in [5.41, 5.74) is 0.998. The van der Waals surface area contributed by atoms with E-state index in [0.29, 0.717) is 5.92 Å². The summed E-state index contributed by atoms with van der Waals surface area (Å²) in [7, 11) is 0. The number of hydrogen-bond acceptors (Lipinski definition) is 2. The van der Waals surface area contributed by atoms with Crippen molar-refractivity contribution in [3.63, 3.8) is 0 Å². The van der Waals surface area contributed by atoms with E-state index in [1.54, 1.807) is 5.01 Å². The predicted octanol–water partition coefficient (Wildman–Crippen LogP) is 1.35. The summed E-state index contributed by atoms with van der Waals surface area (Å²) >= 11 is 0. The second kappa shape index (κ2) is 3.51. The van der Waals surface area contributed by atoms with E-state index in [9.17, 15) is 0 Å². The lowest BCUT2D eigenvalue weighted by molar-refractivity contribution is 0.342. The first-order valence-corrected chi connectivity index (χ1v) is 3.30. The number of hydrogen-bond donors (Lipinski definition) is 1. The zero-order chi connectivity index (χ0) is 7.44. The molecule has 0 saturated carbocycles. The van der Waals surface area contributed by atoms with Crippen LogP contribution in [-0.2, 0) is 0 Å². The Bertz CT molecular complexity index is 97.1. The predicted molar refractivity (Wildman–Crippen MR) is 40.5 cm³/mol. The molecular weight excluding hydrogens is 112 g/mol. The standard InChI is InChI=1S/C7H16N2/c1-5-9(8)7(4)6(2)3/h6H,4-5,8H2,1-3H3. The van der Waals surface area contributed by atoms with Crippen molar-refractivity contribution >= 4 is 0 Å². The molecule has 0 aliphatic rings. The monoisotopic (exact) mass is 128 g/mol. The van der Waals surface area contributed by atoms with Gasteiger partial charge in [-0.15, -0.1) is 0 Å². The molecule has 2 nitrogen and oxygen atoms in total. The van der Waals surface area contributed by atoms with Gasteiger partial charge in [0.15, 0.2) is 0 Å². The van der Waals surface area contributed by atoms with Gasteiger partial charge in [-0.1, -0.05) is 20.4 Å².